The summed E-state index contributed by atoms with van der Waals surface area (Å²) in [5, 5.41) is 0. The lowest BCUT2D eigenvalue weighted by Gasteiger charge is -2.31. The molecular formula is C24H40O3. The van der Waals surface area contributed by atoms with E-state index in [0.717, 1.165) is 36.9 Å². The van der Waals surface area contributed by atoms with Crippen LogP contribution in [-0.4, -0.2) is 25.8 Å². The van der Waals surface area contributed by atoms with Crippen molar-refractivity contribution in [3.05, 3.63) is 48.6 Å². The smallest absolute Gasteiger partial charge is 0.154 e. The lowest BCUT2D eigenvalue weighted by molar-refractivity contribution is -0.123. The molecule has 1 unspecified atom stereocenters. The molecule has 0 heterocycles. The van der Waals surface area contributed by atoms with E-state index >= 15 is 0 Å². The zero-order valence-electron chi connectivity index (χ0n) is 18.1. The number of aldehydes is 1. The maximum atomic E-state index is 10.6. The molecule has 1 aliphatic carbocycles. The fourth-order valence-electron chi connectivity index (χ4n) is 3.45. The maximum absolute atomic E-state index is 10.6. The summed E-state index contributed by atoms with van der Waals surface area (Å²) in [6, 6.07) is 8.10. The Kier molecular flexibility index (Phi) is 14.8. The second kappa shape index (κ2) is 15.6. The number of hydrogen-bond donors (Lipinski definition) is 0. The minimum Gasteiger partial charge on any atom is -0.353 e. The Labute approximate surface area is 167 Å². The first-order valence-electron chi connectivity index (χ1n) is 10.3. The first-order valence-corrected chi connectivity index (χ1v) is 10.3. The van der Waals surface area contributed by atoms with E-state index in [4.69, 9.17) is 9.47 Å². The summed E-state index contributed by atoms with van der Waals surface area (Å²) in [5.74, 6) is 2.37. The van der Waals surface area contributed by atoms with Gasteiger partial charge in [0.05, 0.1) is 0 Å². The molecule has 0 spiro atoms. The molecule has 1 fully saturated rings. The van der Waals surface area contributed by atoms with Gasteiger partial charge in [-0.3, -0.25) is 4.79 Å². The third-order valence-electron chi connectivity index (χ3n) is 5.17. The lowest BCUT2D eigenvalue weighted by Crippen LogP contribution is -2.17. The SMILES string of the molecule is C=C.CC1CCC(C(C)c2ccc(C=O)cc2)CC1.CCOC(C)OCC. The molecule has 3 nitrogen and oxygen atoms in total. The highest BCUT2D eigenvalue weighted by Crippen LogP contribution is 2.37. The summed E-state index contributed by atoms with van der Waals surface area (Å²) in [7, 11) is 0. The Morgan fingerprint density at radius 1 is 1.00 bits per heavy atom. The number of carbonyl (C=O) groups excluding carboxylic acids is 1. The van der Waals surface area contributed by atoms with Crippen molar-refractivity contribution in [3.8, 4) is 0 Å². The molecule has 1 atom stereocenters. The largest absolute Gasteiger partial charge is 0.353 e. The van der Waals surface area contributed by atoms with Crippen molar-refractivity contribution in [2.45, 2.75) is 72.5 Å². The molecule has 0 bridgehead atoms. The van der Waals surface area contributed by atoms with Gasteiger partial charge in [0.1, 0.15) is 6.29 Å². The summed E-state index contributed by atoms with van der Waals surface area (Å²) in [5.41, 5.74) is 2.16. The standard InChI is InChI=1S/C16H22O.C6H14O2.C2H4/c1-12-3-7-15(8-4-12)13(2)16-9-5-14(11-17)6-10-16;1-4-7-6(3)8-5-2;1-2/h5-6,9-13,15H,3-4,7-8H2,1-2H3;6H,4-5H2,1-3H3;1-2H2. The summed E-state index contributed by atoms with van der Waals surface area (Å²) < 4.78 is 10.1. The number of rotatable bonds is 7. The highest BCUT2D eigenvalue weighted by Gasteiger charge is 2.23. The Balaban J connectivity index is 0.000000574. The number of carbonyl (C=O) groups is 1. The van der Waals surface area contributed by atoms with Crippen molar-refractivity contribution in [1.29, 1.82) is 0 Å². The van der Waals surface area contributed by atoms with E-state index in [2.05, 4.69) is 39.1 Å². The third-order valence-corrected chi connectivity index (χ3v) is 5.17. The van der Waals surface area contributed by atoms with Crippen LogP contribution in [0.2, 0.25) is 0 Å². The van der Waals surface area contributed by atoms with Crippen molar-refractivity contribution in [2.24, 2.45) is 11.8 Å². The van der Waals surface area contributed by atoms with Gasteiger partial charge in [-0.15, -0.1) is 13.2 Å². The van der Waals surface area contributed by atoms with Crippen molar-refractivity contribution >= 4 is 6.29 Å². The van der Waals surface area contributed by atoms with E-state index in [1.165, 1.54) is 31.2 Å². The minimum atomic E-state index is -0.0370. The van der Waals surface area contributed by atoms with Gasteiger partial charge in [-0.2, -0.15) is 0 Å². The molecule has 154 valence electrons. The summed E-state index contributed by atoms with van der Waals surface area (Å²) in [6.45, 7) is 17.9. The zero-order chi connectivity index (χ0) is 20.7. The van der Waals surface area contributed by atoms with Crippen LogP contribution < -0.4 is 0 Å². The molecule has 2 rings (SSSR count). The van der Waals surface area contributed by atoms with Crippen molar-refractivity contribution < 1.29 is 14.3 Å². The summed E-state index contributed by atoms with van der Waals surface area (Å²) in [6.07, 6.45) is 6.35. The molecule has 0 aliphatic heterocycles. The van der Waals surface area contributed by atoms with Gasteiger partial charge in [0.2, 0.25) is 0 Å². The number of benzene rings is 1. The van der Waals surface area contributed by atoms with Crippen LogP contribution in [0.25, 0.3) is 0 Å². The Morgan fingerprint density at radius 2 is 1.48 bits per heavy atom. The third kappa shape index (κ3) is 10.5. The average Bonchev–Trinajstić information content (AvgIpc) is 2.70. The highest BCUT2D eigenvalue weighted by molar-refractivity contribution is 5.74. The molecule has 0 N–H and O–H groups in total. The van der Waals surface area contributed by atoms with Crippen LogP contribution in [0.5, 0.6) is 0 Å². The Morgan fingerprint density at radius 3 is 1.89 bits per heavy atom. The molecule has 0 amide bonds. The predicted molar refractivity (Wildman–Crippen MR) is 115 cm³/mol. The van der Waals surface area contributed by atoms with Crippen LogP contribution in [0, 0.1) is 11.8 Å². The van der Waals surface area contributed by atoms with Gasteiger partial charge in [-0.1, -0.05) is 51.0 Å². The monoisotopic (exact) mass is 376 g/mol. The van der Waals surface area contributed by atoms with Crippen LogP contribution >= 0.6 is 0 Å². The van der Waals surface area contributed by atoms with Gasteiger partial charge < -0.3 is 9.47 Å². The van der Waals surface area contributed by atoms with Crippen LogP contribution in [0.4, 0.5) is 0 Å². The van der Waals surface area contributed by atoms with Crippen LogP contribution in [0.15, 0.2) is 37.4 Å². The molecule has 27 heavy (non-hydrogen) atoms. The molecule has 3 heteroatoms. The van der Waals surface area contributed by atoms with Crippen molar-refractivity contribution in [1.82, 2.24) is 0 Å². The first-order chi connectivity index (χ1) is 13.0. The second-order valence-corrected chi connectivity index (χ2v) is 7.07. The van der Waals surface area contributed by atoms with Gasteiger partial charge in [0.25, 0.3) is 0 Å². The fraction of sp³-hybridized carbons (Fsp3) is 0.625. The maximum Gasteiger partial charge on any atom is 0.154 e. The van der Waals surface area contributed by atoms with E-state index in [-0.39, 0.29) is 6.29 Å². The van der Waals surface area contributed by atoms with E-state index < -0.39 is 0 Å². The predicted octanol–water partition coefficient (Wildman–Crippen LogP) is 6.64. The van der Waals surface area contributed by atoms with Gasteiger partial charge in [0, 0.05) is 18.8 Å². The lowest BCUT2D eigenvalue weighted by atomic mass is 9.75. The van der Waals surface area contributed by atoms with Gasteiger partial charge in [0.15, 0.2) is 6.29 Å². The molecule has 1 aliphatic rings. The molecule has 0 radical (unpaired) electrons. The first kappa shape index (κ1) is 25.6. The van der Waals surface area contributed by atoms with Gasteiger partial charge >= 0.3 is 0 Å². The number of hydrogen-bond acceptors (Lipinski definition) is 3. The quantitative estimate of drug-likeness (QED) is 0.304. The van der Waals surface area contributed by atoms with E-state index in [1.54, 1.807) is 0 Å². The van der Waals surface area contributed by atoms with E-state index in [0.29, 0.717) is 5.92 Å². The summed E-state index contributed by atoms with van der Waals surface area (Å²) in [4.78, 5) is 10.6. The molecule has 1 aromatic rings. The van der Waals surface area contributed by atoms with Crippen LogP contribution in [0.1, 0.15) is 82.1 Å². The Hall–Kier alpha value is -1.45. The molecule has 0 aromatic heterocycles. The van der Waals surface area contributed by atoms with Crippen molar-refractivity contribution in [2.75, 3.05) is 13.2 Å². The highest BCUT2D eigenvalue weighted by atomic mass is 16.7. The van der Waals surface area contributed by atoms with Crippen LogP contribution in [0.3, 0.4) is 0 Å². The fourth-order valence-corrected chi connectivity index (χ4v) is 3.45. The number of ether oxygens (including phenoxy) is 2. The van der Waals surface area contributed by atoms with Crippen molar-refractivity contribution in [3.63, 3.8) is 0 Å². The van der Waals surface area contributed by atoms with Crippen LogP contribution in [-0.2, 0) is 9.47 Å². The van der Waals surface area contributed by atoms with Gasteiger partial charge in [-0.25, -0.2) is 0 Å². The topological polar surface area (TPSA) is 35.5 Å². The molecule has 0 saturated heterocycles. The summed E-state index contributed by atoms with van der Waals surface area (Å²) >= 11 is 0. The average molecular weight is 377 g/mol. The Bertz CT molecular complexity index is 469. The van der Waals surface area contributed by atoms with E-state index in [1.807, 2.05) is 32.9 Å². The molecule has 1 aromatic carbocycles. The van der Waals surface area contributed by atoms with Gasteiger partial charge in [-0.05, 0) is 56.9 Å². The van der Waals surface area contributed by atoms with E-state index in [9.17, 15) is 4.79 Å². The zero-order valence-corrected chi connectivity index (χ0v) is 18.1. The normalized spacial score (nSPS) is 19.9. The molecular weight excluding hydrogens is 336 g/mol. The molecule has 1 saturated carbocycles. The second-order valence-electron chi connectivity index (χ2n) is 7.07. The minimum absolute atomic E-state index is 0.0370.